The van der Waals surface area contributed by atoms with Gasteiger partial charge in [0.25, 0.3) is 0 Å². The zero-order chi connectivity index (χ0) is 12.7. The van der Waals surface area contributed by atoms with E-state index in [1.165, 1.54) is 0 Å². The number of imidazole rings is 1. The van der Waals surface area contributed by atoms with E-state index in [0.29, 0.717) is 0 Å². The second-order valence-electron chi connectivity index (χ2n) is 3.87. The molecule has 98 valence electrons. The minimum absolute atomic E-state index is 0.0193. The minimum atomic E-state index is -2.16. The topological polar surface area (TPSA) is 79.9 Å². The highest BCUT2D eigenvalue weighted by Gasteiger charge is 2.12. The number of rotatable bonds is 8. The third kappa shape index (κ3) is 6.14. The quantitative estimate of drug-likeness (QED) is 0.321. The van der Waals surface area contributed by atoms with Gasteiger partial charge in [-0.05, 0) is 25.2 Å². The molecule has 1 aromatic heterocycles. The fraction of sp³-hybridized carbons (Fsp3) is 0.667. The van der Waals surface area contributed by atoms with E-state index in [-0.39, 0.29) is 6.17 Å². The van der Waals surface area contributed by atoms with Crippen LogP contribution in [0.1, 0.15) is 26.7 Å². The van der Waals surface area contributed by atoms with E-state index in [1.807, 2.05) is 13.1 Å². The first-order valence-corrected chi connectivity index (χ1v) is 8.56. The summed E-state index contributed by atoms with van der Waals surface area (Å²) in [7, 11) is 0. The molecule has 5 N–H and O–H groups in total. The Hall–Kier alpha value is -0.460. The van der Waals surface area contributed by atoms with E-state index in [2.05, 4.69) is 27.5 Å². The third-order valence-electron chi connectivity index (χ3n) is 2.11. The molecule has 0 saturated heterocycles. The summed E-state index contributed by atoms with van der Waals surface area (Å²) >= 11 is 5.33. The largest absolute Gasteiger partial charge is 0.308 e. The lowest BCUT2D eigenvalue weighted by Crippen LogP contribution is -2.41. The van der Waals surface area contributed by atoms with Gasteiger partial charge >= 0.3 is 0 Å². The third-order valence-corrected chi connectivity index (χ3v) is 4.28. The van der Waals surface area contributed by atoms with Crippen molar-refractivity contribution in [1.82, 2.24) is 19.8 Å². The fourth-order valence-corrected chi connectivity index (χ4v) is 3.31. The number of nitrogens with one attached hydrogen (secondary N) is 3. The maximum absolute atomic E-state index is 6.03. The molecule has 0 aliphatic rings. The van der Waals surface area contributed by atoms with E-state index in [0.717, 1.165) is 19.4 Å². The highest BCUT2D eigenvalue weighted by molar-refractivity contribution is 8.11. The number of aromatic nitrogens is 2. The SMILES string of the molecule is CCCCNP(N)(=S)NC(C)Nn1ccnc1. The first-order chi connectivity index (χ1) is 8.03. The van der Waals surface area contributed by atoms with Crippen molar-refractivity contribution in [3.63, 3.8) is 0 Å². The number of unbranched alkanes of at least 4 members (excludes halogenated alkanes) is 1. The van der Waals surface area contributed by atoms with Crippen LogP contribution in [0.15, 0.2) is 18.7 Å². The smallest absolute Gasteiger partial charge is 0.136 e. The van der Waals surface area contributed by atoms with Crippen LogP contribution in [0.2, 0.25) is 0 Å². The van der Waals surface area contributed by atoms with Crippen LogP contribution in [0.3, 0.4) is 0 Å². The van der Waals surface area contributed by atoms with E-state index in [9.17, 15) is 0 Å². The minimum Gasteiger partial charge on any atom is -0.308 e. The summed E-state index contributed by atoms with van der Waals surface area (Å²) in [6, 6.07) is 0. The summed E-state index contributed by atoms with van der Waals surface area (Å²) in [5, 5.41) is 6.38. The van der Waals surface area contributed by atoms with Crippen LogP contribution in [-0.4, -0.2) is 22.4 Å². The number of hydrogen-bond acceptors (Lipinski definition) is 3. The van der Waals surface area contributed by atoms with Gasteiger partial charge in [-0.15, -0.1) is 0 Å². The zero-order valence-electron chi connectivity index (χ0n) is 10.3. The van der Waals surface area contributed by atoms with Gasteiger partial charge in [0.05, 0.1) is 6.17 Å². The van der Waals surface area contributed by atoms with Gasteiger partial charge in [0.1, 0.15) is 12.8 Å². The monoisotopic (exact) mass is 276 g/mol. The molecule has 0 spiro atoms. The lowest BCUT2D eigenvalue weighted by atomic mass is 10.3. The summed E-state index contributed by atoms with van der Waals surface area (Å²) in [6.07, 6.45) is 7.41. The molecule has 0 aromatic carbocycles. The van der Waals surface area contributed by atoms with Gasteiger partial charge in [0.15, 0.2) is 0 Å². The number of nitrogens with zero attached hydrogens (tertiary/aromatic N) is 2. The molecule has 0 fully saturated rings. The summed E-state index contributed by atoms with van der Waals surface area (Å²) in [4.78, 5) is 3.94. The molecule has 1 heterocycles. The molecule has 0 bridgehead atoms. The lowest BCUT2D eigenvalue weighted by Gasteiger charge is -2.25. The van der Waals surface area contributed by atoms with Crippen LogP contribution >= 0.6 is 6.49 Å². The van der Waals surface area contributed by atoms with Crippen LogP contribution in [0.5, 0.6) is 0 Å². The number of nitrogens with two attached hydrogens (primary N) is 1. The molecule has 0 amide bonds. The second kappa shape index (κ2) is 7.08. The van der Waals surface area contributed by atoms with E-state index in [4.69, 9.17) is 17.3 Å². The van der Waals surface area contributed by atoms with E-state index >= 15 is 0 Å². The van der Waals surface area contributed by atoms with Crippen LogP contribution in [-0.2, 0) is 11.8 Å². The molecule has 0 aliphatic carbocycles. The molecular formula is C9H21N6PS. The molecule has 0 radical (unpaired) electrons. The standard InChI is InChI=1S/C9H21N6PS/c1-3-4-5-12-16(10,17)14-9(2)13-15-7-6-11-8-15/h6-9,13H,3-5H2,1-2H3,(H4,10,12,14,17). The summed E-state index contributed by atoms with van der Waals surface area (Å²) < 4.78 is 1.76. The van der Waals surface area contributed by atoms with Crippen LogP contribution in [0.25, 0.3) is 0 Å². The van der Waals surface area contributed by atoms with Crippen LogP contribution in [0, 0.1) is 0 Å². The van der Waals surface area contributed by atoms with Gasteiger partial charge in [-0.3, -0.25) is 15.3 Å². The fourth-order valence-electron chi connectivity index (χ4n) is 1.34. The Bertz CT molecular complexity index is 354. The average Bonchev–Trinajstić information content (AvgIpc) is 2.69. The van der Waals surface area contributed by atoms with Crippen LogP contribution < -0.4 is 21.1 Å². The predicted octanol–water partition coefficient (Wildman–Crippen LogP) is 0.935. The Morgan fingerprint density at radius 3 is 2.94 bits per heavy atom. The molecule has 2 atom stereocenters. The van der Waals surface area contributed by atoms with Crippen molar-refractivity contribution in [3.05, 3.63) is 18.7 Å². The maximum Gasteiger partial charge on any atom is 0.136 e. The first-order valence-electron chi connectivity index (χ1n) is 5.69. The Morgan fingerprint density at radius 1 is 1.59 bits per heavy atom. The molecule has 0 aliphatic heterocycles. The van der Waals surface area contributed by atoms with Crippen molar-refractivity contribution in [2.24, 2.45) is 5.50 Å². The van der Waals surface area contributed by atoms with Crippen molar-refractivity contribution in [2.45, 2.75) is 32.9 Å². The molecule has 1 rings (SSSR count). The molecule has 0 saturated carbocycles. The Kier molecular flexibility index (Phi) is 6.08. The molecule has 2 unspecified atom stereocenters. The van der Waals surface area contributed by atoms with Gasteiger partial charge in [-0.25, -0.2) is 10.1 Å². The Balaban J connectivity index is 2.33. The van der Waals surface area contributed by atoms with Gasteiger partial charge < -0.3 is 5.43 Å². The van der Waals surface area contributed by atoms with Gasteiger partial charge in [-0.2, -0.15) is 0 Å². The predicted molar refractivity (Wildman–Crippen MR) is 75.6 cm³/mol. The second-order valence-corrected chi connectivity index (χ2v) is 7.49. The molecular weight excluding hydrogens is 255 g/mol. The van der Waals surface area contributed by atoms with E-state index < -0.39 is 6.49 Å². The molecule has 1 aromatic rings. The first kappa shape index (κ1) is 14.6. The van der Waals surface area contributed by atoms with Crippen molar-refractivity contribution in [1.29, 1.82) is 0 Å². The number of hydrogen-bond donors (Lipinski definition) is 4. The normalized spacial score (nSPS) is 16.4. The zero-order valence-corrected chi connectivity index (χ0v) is 12.0. The molecule has 17 heavy (non-hydrogen) atoms. The summed E-state index contributed by atoms with van der Waals surface area (Å²) in [5.41, 5.74) is 9.18. The Morgan fingerprint density at radius 2 is 2.35 bits per heavy atom. The highest BCUT2D eigenvalue weighted by atomic mass is 32.4. The van der Waals surface area contributed by atoms with E-state index in [1.54, 1.807) is 17.2 Å². The van der Waals surface area contributed by atoms with Crippen molar-refractivity contribution in [2.75, 3.05) is 12.0 Å². The van der Waals surface area contributed by atoms with Crippen molar-refractivity contribution < 1.29 is 0 Å². The molecule has 8 heteroatoms. The Labute approximate surface area is 108 Å². The molecule has 6 nitrogen and oxygen atoms in total. The van der Waals surface area contributed by atoms with Crippen molar-refractivity contribution >= 4 is 18.3 Å². The summed E-state index contributed by atoms with van der Waals surface area (Å²) in [5.74, 6) is 0. The van der Waals surface area contributed by atoms with Gasteiger partial charge in [-0.1, -0.05) is 13.3 Å². The van der Waals surface area contributed by atoms with Crippen molar-refractivity contribution in [3.8, 4) is 0 Å². The average molecular weight is 276 g/mol. The summed E-state index contributed by atoms with van der Waals surface area (Å²) in [6.45, 7) is 2.80. The highest BCUT2D eigenvalue weighted by Crippen LogP contribution is 2.25. The lowest BCUT2D eigenvalue weighted by molar-refractivity contribution is 0.658. The van der Waals surface area contributed by atoms with Gasteiger partial charge in [0, 0.05) is 18.9 Å². The maximum atomic E-state index is 6.03. The van der Waals surface area contributed by atoms with Gasteiger partial charge in [0.2, 0.25) is 0 Å². The van der Waals surface area contributed by atoms with Crippen LogP contribution in [0.4, 0.5) is 0 Å².